The smallest absolute Gasteiger partial charge is 0.407 e. The van der Waals surface area contributed by atoms with E-state index in [1.807, 2.05) is 30.3 Å². The van der Waals surface area contributed by atoms with Crippen molar-refractivity contribution < 1.29 is 23.6 Å². The molecule has 1 atom stereocenters. The molecule has 9 heteroatoms. The molecule has 1 heterocycles. The molecule has 3 N–H and O–H groups in total. The fourth-order valence-corrected chi connectivity index (χ4v) is 3.12. The Morgan fingerprint density at radius 3 is 2.67 bits per heavy atom. The molecule has 0 spiro atoms. The second kappa shape index (κ2) is 10.7. The summed E-state index contributed by atoms with van der Waals surface area (Å²) in [5.41, 5.74) is 4.33. The van der Waals surface area contributed by atoms with E-state index in [-0.39, 0.29) is 30.2 Å². The largest absolute Gasteiger partial charge is 0.445 e. The first kappa shape index (κ1) is 21.8. The lowest BCUT2D eigenvalue weighted by Gasteiger charge is -2.09. The number of halogens is 2. The van der Waals surface area contributed by atoms with Gasteiger partial charge in [0.25, 0.3) is 5.91 Å². The lowest BCUT2D eigenvalue weighted by Crippen LogP contribution is -2.27. The lowest BCUT2D eigenvalue weighted by atomic mass is 10.1. The quantitative estimate of drug-likeness (QED) is 0.401. The molecule has 30 heavy (non-hydrogen) atoms. The Kier molecular flexibility index (Phi) is 7.81. The highest BCUT2D eigenvalue weighted by Gasteiger charge is 2.15. The molecule has 2 amide bonds. The number of hydrogen-bond donors (Lipinski definition) is 3. The minimum absolute atomic E-state index is 0.114. The fourth-order valence-electron chi connectivity index (χ4n) is 2.74. The summed E-state index contributed by atoms with van der Waals surface area (Å²) in [4.78, 5) is 29.1. The third-order valence-corrected chi connectivity index (χ3v) is 4.62. The SMILES string of the molecule is O=C(NCCc1cc(F)cc(C(=O)NCC2=C[C@H](Br)NO2)c1)OCc1ccccc1. The van der Waals surface area contributed by atoms with E-state index in [4.69, 9.17) is 9.57 Å². The minimum Gasteiger partial charge on any atom is -0.445 e. The second-order valence-corrected chi connectivity index (χ2v) is 7.51. The van der Waals surface area contributed by atoms with E-state index in [0.29, 0.717) is 17.7 Å². The van der Waals surface area contributed by atoms with Crippen molar-refractivity contribution in [3.05, 3.63) is 82.9 Å². The number of nitrogens with one attached hydrogen (secondary N) is 3. The molecular weight excluding hydrogens is 457 g/mol. The molecule has 158 valence electrons. The minimum atomic E-state index is -0.559. The van der Waals surface area contributed by atoms with Gasteiger partial charge in [-0.15, -0.1) is 5.48 Å². The van der Waals surface area contributed by atoms with Crippen molar-refractivity contribution in [3.8, 4) is 0 Å². The van der Waals surface area contributed by atoms with Gasteiger partial charge in [-0.05, 0) is 41.8 Å². The van der Waals surface area contributed by atoms with Crippen LogP contribution in [0.4, 0.5) is 9.18 Å². The predicted molar refractivity (Wildman–Crippen MR) is 112 cm³/mol. The molecule has 0 bridgehead atoms. The molecule has 0 unspecified atom stereocenters. The third-order valence-electron chi connectivity index (χ3n) is 4.17. The molecule has 0 radical (unpaired) electrons. The maximum Gasteiger partial charge on any atom is 0.407 e. The first-order valence-corrected chi connectivity index (χ1v) is 10.2. The molecular formula is C21H21BrFN3O4. The van der Waals surface area contributed by atoms with E-state index in [2.05, 4.69) is 32.0 Å². The number of amides is 2. The molecule has 1 aliphatic heterocycles. The number of carbonyl (C=O) groups is 2. The van der Waals surface area contributed by atoms with Crippen LogP contribution in [0.5, 0.6) is 0 Å². The maximum atomic E-state index is 13.9. The Bertz CT molecular complexity index is 924. The summed E-state index contributed by atoms with van der Waals surface area (Å²) in [6, 6.07) is 13.4. The average molecular weight is 478 g/mol. The van der Waals surface area contributed by atoms with Crippen molar-refractivity contribution in [3.63, 3.8) is 0 Å². The molecule has 0 aromatic heterocycles. The second-order valence-electron chi connectivity index (χ2n) is 6.52. The van der Waals surface area contributed by atoms with E-state index in [1.54, 1.807) is 12.1 Å². The van der Waals surface area contributed by atoms with Crippen LogP contribution in [0.15, 0.2) is 60.4 Å². The van der Waals surface area contributed by atoms with Crippen LogP contribution in [0, 0.1) is 5.82 Å². The van der Waals surface area contributed by atoms with Gasteiger partial charge in [0.15, 0.2) is 0 Å². The van der Waals surface area contributed by atoms with Crippen LogP contribution >= 0.6 is 15.9 Å². The summed E-state index contributed by atoms with van der Waals surface area (Å²) < 4.78 is 19.1. The van der Waals surface area contributed by atoms with Gasteiger partial charge in [0.2, 0.25) is 0 Å². The van der Waals surface area contributed by atoms with Crippen LogP contribution in [0.25, 0.3) is 0 Å². The van der Waals surface area contributed by atoms with Gasteiger partial charge in [-0.1, -0.05) is 46.3 Å². The molecule has 2 aromatic carbocycles. The first-order chi connectivity index (χ1) is 14.5. The molecule has 1 aliphatic rings. The number of ether oxygens (including phenoxy) is 1. The molecule has 7 nitrogen and oxygen atoms in total. The first-order valence-electron chi connectivity index (χ1n) is 9.29. The number of carbonyl (C=O) groups excluding carboxylic acids is 2. The van der Waals surface area contributed by atoms with Gasteiger partial charge in [0.05, 0.1) is 6.54 Å². The Morgan fingerprint density at radius 1 is 1.13 bits per heavy atom. The lowest BCUT2D eigenvalue weighted by molar-refractivity contribution is 0.0928. The molecule has 0 saturated carbocycles. The van der Waals surface area contributed by atoms with Crippen molar-refractivity contribution in [1.29, 1.82) is 0 Å². The maximum absolute atomic E-state index is 13.9. The van der Waals surface area contributed by atoms with Gasteiger partial charge >= 0.3 is 6.09 Å². The number of alkyl carbamates (subject to hydrolysis) is 1. The van der Waals surface area contributed by atoms with E-state index >= 15 is 0 Å². The van der Waals surface area contributed by atoms with Crippen molar-refractivity contribution in [2.45, 2.75) is 18.0 Å². The summed E-state index contributed by atoms with van der Waals surface area (Å²) >= 11 is 3.29. The predicted octanol–water partition coefficient (Wildman–Crippen LogP) is 3.16. The number of hydrogen-bond acceptors (Lipinski definition) is 5. The van der Waals surface area contributed by atoms with Gasteiger partial charge in [0, 0.05) is 12.1 Å². The summed E-state index contributed by atoms with van der Waals surface area (Å²) in [7, 11) is 0. The van der Waals surface area contributed by atoms with E-state index in [1.165, 1.54) is 6.07 Å². The number of alkyl halides is 1. The number of rotatable bonds is 8. The Hall–Kier alpha value is -2.91. The molecule has 3 rings (SSSR count). The Morgan fingerprint density at radius 2 is 1.93 bits per heavy atom. The summed E-state index contributed by atoms with van der Waals surface area (Å²) in [5, 5.41) is 5.29. The van der Waals surface area contributed by atoms with Gasteiger partial charge in [-0.2, -0.15) is 0 Å². The van der Waals surface area contributed by atoms with Crippen LogP contribution < -0.4 is 16.1 Å². The highest BCUT2D eigenvalue weighted by Crippen LogP contribution is 2.13. The number of hydroxylamine groups is 1. The van der Waals surface area contributed by atoms with Crippen molar-refractivity contribution >= 4 is 27.9 Å². The molecule has 2 aromatic rings. The summed E-state index contributed by atoms with van der Waals surface area (Å²) in [6.45, 7) is 0.591. The fraction of sp³-hybridized carbons (Fsp3) is 0.238. The molecule has 0 aliphatic carbocycles. The normalized spacial score (nSPS) is 15.1. The van der Waals surface area contributed by atoms with E-state index in [9.17, 15) is 14.0 Å². The average Bonchev–Trinajstić information content (AvgIpc) is 3.16. The summed E-state index contributed by atoms with van der Waals surface area (Å²) in [5.74, 6) is -0.392. The van der Waals surface area contributed by atoms with Crippen LogP contribution in [0.1, 0.15) is 21.5 Å². The molecule has 0 saturated heterocycles. The van der Waals surface area contributed by atoms with E-state index in [0.717, 1.165) is 11.6 Å². The highest BCUT2D eigenvalue weighted by atomic mass is 79.9. The number of benzene rings is 2. The monoisotopic (exact) mass is 477 g/mol. The summed E-state index contributed by atoms with van der Waals surface area (Å²) in [6.07, 6.45) is 1.55. The Balaban J connectivity index is 1.45. The van der Waals surface area contributed by atoms with Crippen molar-refractivity contribution in [1.82, 2.24) is 16.1 Å². The topological polar surface area (TPSA) is 88.7 Å². The van der Waals surface area contributed by atoms with Gasteiger partial charge in [0.1, 0.15) is 23.1 Å². The standard InChI is InChI=1S/C21H21BrFN3O4/c22-19-11-18(30-26-19)12-25-20(27)16-8-15(9-17(23)10-16)6-7-24-21(28)29-13-14-4-2-1-3-5-14/h1-5,8-11,19,26H,6-7,12-13H2,(H,24,28)(H,25,27)/t19-/m1/s1. The van der Waals surface area contributed by atoms with Gasteiger partial charge < -0.3 is 20.2 Å². The van der Waals surface area contributed by atoms with Crippen molar-refractivity contribution in [2.75, 3.05) is 13.1 Å². The van der Waals surface area contributed by atoms with Crippen LogP contribution in [0.2, 0.25) is 0 Å². The Labute approximate surface area is 181 Å². The zero-order valence-corrected chi connectivity index (χ0v) is 17.6. The third kappa shape index (κ3) is 6.85. The van der Waals surface area contributed by atoms with Crippen LogP contribution in [-0.2, 0) is 22.6 Å². The van der Waals surface area contributed by atoms with Crippen molar-refractivity contribution in [2.24, 2.45) is 0 Å². The van der Waals surface area contributed by atoms with Gasteiger partial charge in [-0.3, -0.25) is 4.79 Å². The van der Waals surface area contributed by atoms with Crippen LogP contribution in [-0.4, -0.2) is 30.0 Å². The van der Waals surface area contributed by atoms with Gasteiger partial charge in [-0.25, -0.2) is 9.18 Å². The zero-order valence-electron chi connectivity index (χ0n) is 16.0. The highest BCUT2D eigenvalue weighted by molar-refractivity contribution is 9.09. The molecule has 0 fully saturated rings. The van der Waals surface area contributed by atoms with Crippen LogP contribution in [0.3, 0.4) is 0 Å². The zero-order chi connectivity index (χ0) is 21.3. The van der Waals surface area contributed by atoms with E-state index < -0.39 is 17.8 Å².